The van der Waals surface area contributed by atoms with E-state index in [1.54, 1.807) is 0 Å². The predicted octanol–water partition coefficient (Wildman–Crippen LogP) is 7.10. The Morgan fingerprint density at radius 1 is 0.897 bits per heavy atom. The maximum absolute atomic E-state index is 12.5. The first-order valence-corrected chi connectivity index (χ1v) is 13.8. The first-order valence-electron chi connectivity index (χ1n) is 13.0. The topological polar surface area (TPSA) is 51.8 Å². The van der Waals surface area contributed by atoms with Gasteiger partial charge in [-0.05, 0) is 42.0 Å². The van der Waals surface area contributed by atoms with Gasteiger partial charge in [-0.2, -0.15) is 0 Å². The molecule has 0 fully saturated rings. The summed E-state index contributed by atoms with van der Waals surface area (Å²) in [5.41, 5.74) is 4.26. The number of pyridine rings is 1. The van der Waals surface area contributed by atoms with E-state index in [0.717, 1.165) is 30.5 Å². The van der Waals surface area contributed by atoms with E-state index in [-0.39, 0.29) is 18.4 Å². The molecule has 4 rings (SSSR count). The Morgan fingerprint density at radius 2 is 1.59 bits per heavy atom. The van der Waals surface area contributed by atoms with Crippen LogP contribution in [0.15, 0.2) is 126 Å². The normalized spacial score (nSPS) is 13.4. The number of amides is 1. The summed E-state index contributed by atoms with van der Waals surface area (Å²) in [6, 6.07) is 24.2. The fourth-order valence-electron chi connectivity index (χ4n) is 3.97. The van der Waals surface area contributed by atoms with Gasteiger partial charge in [-0.25, -0.2) is 9.36 Å². The number of carbonyl (C=O) groups excluding carboxylic acids is 1. The van der Waals surface area contributed by atoms with Gasteiger partial charge in [-0.1, -0.05) is 85.8 Å². The van der Waals surface area contributed by atoms with Crippen LogP contribution in [0.25, 0.3) is 0 Å². The second-order valence-electron chi connectivity index (χ2n) is 9.16. The zero-order valence-electron chi connectivity index (χ0n) is 22.6. The number of aliphatic imine (C=N–C) groups is 1. The Hall–Kier alpha value is -3.96. The molecule has 0 saturated heterocycles. The molecule has 1 unspecified atom stereocenters. The number of halogens is 1. The third-order valence-electron chi connectivity index (χ3n) is 5.92. The highest BCUT2D eigenvalue weighted by molar-refractivity contribution is 6.15. The molecule has 0 aliphatic heterocycles. The maximum atomic E-state index is 12.5. The number of carbonyl (C=O) groups is 1. The lowest BCUT2D eigenvalue weighted by Gasteiger charge is -2.15. The van der Waals surface area contributed by atoms with Crippen LogP contribution < -0.4 is 4.57 Å². The molecule has 1 aliphatic carbocycles. The highest BCUT2D eigenvalue weighted by atomic mass is 35.5. The summed E-state index contributed by atoms with van der Waals surface area (Å²) in [5.74, 6) is 0.505. The van der Waals surface area contributed by atoms with E-state index in [1.165, 1.54) is 17.5 Å². The molecule has 0 N–H and O–H groups in total. The van der Waals surface area contributed by atoms with Crippen molar-refractivity contribution in [3.05, 3.63) is 138 Å². The van der Waals surface area contributed by atoms with Gasteiger partial charge in [0.05, 0.1) is 6.61 Å². The number of hydrogen-bond donors (Lipinski definition) is 0. The van der Waals surface area contributed by atoms with Crippen molar-refractivity contribution in [2.75, 3.05) is 19.6 Å². The summed E-state index contributed by atoms with van der Waals surface area (Å²) < 4.78 is 13.6. The fourth-order valence-corrected chi connectivity index (χ4v) is 3.97. The quantitative estimate of drug-likeness (QED) is 0.125. The standard InChI is InChI=1S/C32H33N2O3.CH3Cl/c1-26(22-27-18-20-34(21-19-27)23-28-12-8-4-9-13-28)24-36-31(30-16-10-5-11-17-30)33-32(35)37-25-29-14-6-2-3-7-15-29;1-2/h2-14,16-21,26H,15,22-25H2,1H3;1H3/q+1;/b33-31-;. The Morgan fingerprint density at radius 3 is 2.31 bits per heavy atom. The average molecular weight is 544 g/mol. The lowest BCUT2D eigenvalue weighted by molar-refractivity contribution is -0.688. The van der Waals surface area contributed by atoms with Gasteiger partial charge in [-0.15, -0.1) is 16.6 Å². The molecular weight excluding hydrogens is 508 g/mol. The van der Waals surface area contributed by atoms with Gasteiger partial charge in [0.15, 0.2) is 18.9 Å². The SMILES string of the molecule is CC(CO/C(=N\C(=O)OCC1=CC=CC=CC1)c1ccccc1)Cc1cc[n+](Cc2ccccc2)cc1.CCl. The smallest absolute Gasteiger partial charge is 0.437 e. The van der Waals surface area contributed by atoms with Crippen molar-refractivity contribution >= 4 is 23.6 Å². The third kappa shape index (κ3) is 10.7. The molecule has 0 radical (unpaired) electrons. The van der Waals surface area contributed by atoms with Crippen molar-refractivity contribution < 1.29 is 18.8 Å². The van der Waals surface area contributed by atoms with E-state index in [9.17, 15) is 4.79 Å². The highest BCUT2D eigenvalue weighted by Crippen LogP contribution is 2.12. The monoisotopic (exact) mass is 543 g/mol. The van der Waals surface area contributed by atoms with Crippen molar-refractivity contribution in [2.45, 2.75) is 26.3 Å². The van der Waals surface area contributed by atoms with E-state index in [0.29, 0.717) is 6.61 Å². The molecule has 2 aromatic carbocycles. The minimum atomic E-state index is -0.657. The van der Waals surface area contributed by atoms with Crippen molar-refractivity contribution in [2.24, 2.45) is 10.9 Å². The largest absolute Gasteiger partial charge is 0.477 e. The maximum Gasteiger partial charge on any atom is 0.437 e. The van der Waals surface area contributed by atoms with Crippen LogP contribution in [0.1, 0.15) is 30.0 Å². The summed E-state index contributed by atoms with van der Waals surface area (Å²) in [7, 11) is 0. The molecule has 39 heavy (non-hydrogen) atoms. The summed E-state index contributed by atoms with van der Waals surface area (Å²) >= 11 is 4.64. The van der Waals surface area contributed by atoms with Gasteiger partial charge < -0.3 is 9.47 Å². The Balaban J connectivity index is 0.00000205. The average Bonchev–Trinajstić information content (AvgIpc) is 3.26. The molecule has 1 aliphatic rings. The molecular formula is C33H36ClN2O3+. The number of ether oxygens (including phenoxy) is 2. The van der Waals surface area contributed by atoms with Crippen molar-refractivity contribution in [1.29, 1.82) is 0 Å². The molecule has 3 aromatic rings. The Kier molecular flexibility index (Phi) is 12.7. The van der Waals surface area contributed by atoms with E-state index < -0.39 is 6.09 Å². The Bertz CT molecular complexity index is 1270. The van der Waals surface area contributed by atoms with Crippen LogP contribution in [-0.2, 0) is 22.4 Å². The van der Waals surface area contributed by atoms with Crippen LogP contribution in [0.3, 0.4) is 0 Å². The number of allylic oxidation sites excluding steroid dienone is 5. The lowest BCUT2D eigenvalue weighted by atomic mass is 10.0. The second kappa shape index (κ2) is 16.8. The molecule has 0 bridgehead atoms. The second-order valence-corrected chi connectivity index (χ2v) is 9.16. The third-order valence-corrected chi connectivity index (χ3v) is 5.92. The molecule has 5 nitrogen and oxygen atoms in total. The van der Waals surface area contributed by atoms with Crippen molar-refractivity contribution in [1.82, 2.24) is 0 Å². The Labute approximate surface area is 236 Å². The van der Waals surface area contributed by atoms with Crippen molar-refractivity contribution in [3.8, 4) is 0 Å². The highest BCUT2D eigenvalue weighted by Gasteiger charge is 2.13. The summed E-state index contributed by atoms with van der Waals surface area (Å²) in [6.07, 6.45) is 16.5. The summed E-state index contributed by atoms with van der Waals surface area (Å²) in [5, 5.41) is 0. The number of hydrogen-bond acceptors (Lipinski definition) is 3. The van der Waals surface area contributed by atoms with Crippen LogP contribution in [0.2, 0.25) is 0 Å². The number of alkyl halides is 1. The molecule has 1 amide bonds. The van der Waals surface area contributed by atoms with Gasteiger partial charge >= 0.3 is 6.09 Å². The predicted molar refractivity (Wildman–Crippen MR) is 158 cm³/mol. The van der Waals surface area contributed by atoms with Crippen LogP contribution in [0, 0.1) is 5.92 Å². The summed E-state index contributed by atoms with van der Waals surface area (Å²) in [4.78, 5) is 16.7. The number of benzene rings is 2. The van der Waals surface area contributed by atoms with Gasteiger partial charge in [-0.3, -0.25) is 0 Å². The van der Waals surface area contributed by atoms with Gasteiger partial charge in [0.25, 0.3) is 0 Å². The molecule has 1 atom stereocenters. The lowest BCUT2D eigenvalue weighted by Crippen LogP contribution is -2.33. The van der Waals surface area contributed by atoms with Crippen molar-refractivity contribution in [3.63, 3.8) is 0 Å². The first kappa shape index (κ1) is 29.6. The number of nitrogens with zero attached hydrogens (tertiary/aromatic N) is 2. The van der Waals surface area contributed by atoms with Crippen LogP contribution in [0.5, 0.6) is 0 Å². The van der Waals surface area contributed by atoms with E-state index >= 15 is 0 Å². The van der Waals surface area contributed by atoms with Gasteiger partial charge in [0.1, 0.15) is 6.61 Å². The molecule has 0 spiro atoms. The van der Waals surface area contributed by atoms with E-state index in [2.05, 4.69) is 76.9 Å². The molecule has 0 saturated carbocycles. The van der Waals surface area contributed by atoms with E-state index in [1.807, 2.05) is 66.8 Å². The molecule has 1 aromatic heterocycles. The van der Waals surface area contributed by atoms with Gasteiger partial charge in [0, 0.05) is 29.6 Å². The van der Waals surface area contributed by atoms with Gasteiger partial charge in [0.2, 0.25) is 5.90 Å². The fraction of sp³-hybridized carbons (Fsp3) is 0.242. The first-order chi connectivity index (χ1) is 19.2. The molecule has 1 heterocycles. The minimum Gasteiger partial charge on any atom is -0.477 e. The summed E-state index contributed by atoms with van der Waals surface area (Å²) in [6.45, 7) is 3.61. The van der Waals surface area contributed by atoms with E-state index in [4.69, 9.17) is 9.47 Å². The minimum absolute atomic E-state index is 0.202. The molecule has 202 valence electrons. The molecule has 6 heteroatoms. The zero-order chi connectivity index (χ0) is 27.7. The van der Waals surface area contributed by atoms with Crippen LogP contribution >= 0.6 is 11.6 Å². The zero-order valence-corrected chi connectivity index (χ0v) is 23.3. The number of rotatable bonds is 9. The van der Waals surface area contributed by atoms with Crippen LogP contribution in [0.4, 0.5) is 4.79 Å². The number of aromatic nitrogens is 1. The van der Waals surface area contributed by atoms with Crippen LogP contribution in [-0.4, -0.2) is 31.6 Å².